The van der Waals surface area contributed by atoms with Crippen molar-refractivity contribution in [3.8, 4) is 28.1 Å². The van der Waals surface area contributed by atoms with Crippen LogP contribution in [-0.4, -0.2) is 62.8 Å². The average Bonchev–Trinajstić information content (AvgIpc) is 3.39. The zero-order valence-corrected chi connectivity index (χ0v) is 23.5. The molecule has 1 aliphatic heterocycles. The maximum absolute atomic E-state index is 12.8. The molecule has 3 heterocycles. The third-order valence-corrected chi connectivity index (χ3v) is 7.68. The Morgan fingerprint density at radius 1 is 0.881 bits per heavy atom. The quantitative estimate of drug-likeness (QED) is 0.166. The molecule has 0 radical (unpaired) electrons. The summed E-state index contributed by atoms with van der Waals surface area (Å²) in [7, 11) is 0. The van der Waals surface area contributed by atoms with Crippen LogP contribution in [0, 0.1) is 10.1 Å². The normalized spacial score (nSPS) is 13.8. The molecule has 42 heavy (non-hydrogen) atoms. The molecular formula is C32H28ClN5O4. The summed E-state index contributed by atoms with van der Waals surface area (Å²) in [5.74, 6) is 0.558. The van der Waals surface area contributed by atoms with Crippen molar-refractivity contribution in [2.45, 2.75) is 6.54 Å². The lowest BCUT2D eigenvalue weighted by Crippen LogP contribution is -2.49. The summed E-state index contributed by atoms with van der Waals surface area (Å²) in [6.07, 6.45) is 2.00. The van der Waals surface area contributed by atoms with Gasteiger partial charge in [0.15, 0.2) is 6.61 Å². The van der Waals surface area contributed by atoms with E-state index in [9.17, 15) is 14.9 Å². The van der Waals surface area contributed by atoms with Gasteiger partial charge in [-0.25, -0.2) is 4.98 Å². The van der Waals surface area contributed by atoms with Crippen LogP contribution in [0.2, 0.25) is 5.02 Å². The second-order valence-electron chi connectivity index (χ2n) is 10.1. The number of fused-ring (bicyclic) bond motifs is 1. The number of non-ortho nitro benzene ring substituents is 1. The number of nitrogens with zero attached hydrogens (tertiary/aromatic N) is 5. The standard InChI is InChI=1S/C32H28ClN5O4/c33-26-10-12-28(13-11-26)42-22-31(39)36-17-15-35(16-18-36)21-29-32(23-5-2-1-3-6-23)34-30-14-9-25(20-37(29)30)24-7-4-8-27(19-24)38(40)41/h1-14,19-20H,15-18,21-22H2. The number of aromatic nitrogens is 2. The van der Waals surface area contributed by atoms with Crippen LogP contribution in [-0.2, 0) is 11.3 Å². The van der Waals surface area contributed by atoms with Crippen LogP contribution < -0.4 is 4.74 Å². The van der Waals surface area contributed by atoms with E-state index in [-0.39, 0.29) is 23.1 Å². The van der Waals surface area contributed by atoms with Crippen LogP contribution in [0.5, 0.6) is 5.75 Å². The van der Waals surface area contributed by atoms with Gasteiger partial charge < -0.3 is 14.0 Å². The fraction of sp³-hybridized carbons (Fsp3) is 0.188. The van der Waals surface area contributed by atoms with Gasteiger partial charge >= 0.3 is 0 Å². The summed E-state index contributed by atoms with van der Waals surface area (Å²) in [4.78, 5) is 32.9. The molecule has 1 saturated heterocycles. The van der Waals surface area contributed by atoms with Gasteiger partial charge in [0.1, 0.15) is 11.4 Å². The van der Waals surface area contributed by atoms with E-state index >= 15 is 0 Å². The van der Waals surface area contributed by atoms with E-state index in [4.69, 9.17) is 21.3 Å². The van der Waals surface area contributed by atoms with Crippen LogP contribution in [0.1, 0.15) is 5.69 Å². The number of rotatable bonds is 8. The molecule has 1 fully saturated rings. The summed E-state index contributed by atoms with van der Waals surface area (Å²) in [5.41, 5.74) is 5.40. The van der Waals surface area contributed by atoms with Gasteiger partial charge in [-0.3, -0.25) is 19.8 Å². The first-order chi connectivity index (χ1) is 20.4. The van der Waals surface area contributed by atoms with E-state index in [1.54, 1.807) is 36.4 Å². The monoisotopic (exact) mass is 581 g/mol. The molecule has 212 valence electrons. The topological polar surface area (TPSA) is 93.2 Å². The molecule has 0 aliphatic carbocycles. The Labute approximate surface area is 247 Å². The Balaban J connectivity index is 1.22. The molecule has 9 nitrogen and oxygen atoms in total. The van der Waals surface area contributed by atoms with E-state index in [0.717, 1.165) is 33.7 Å². The molecule has 0 unspecified atom stereocenters. The zero-order valence-electron chi connectivity index (χ0n) is 22.7. The van der Waals surface area contributed by atoms with Crippen LogP contribution in [0.25, 0.3) is 28.0 Å². The molecule has 0 saturated carbocycles. The molecule has 0 bridgehead atoms. The van der Waals surface area contributed by atoms with Crippen molar-refractivity contribution in [3.63, 3.8) is 0 Å². The summed E-state index contributed by atoms with van der Waals surface area (Å²) >= 11 is 5.93. The second-order valence-corrected chi connectivity index (χ2v) is 10.6. The zero-order chi connectivity index (χ0) is 29.1. The smallest absolute Gasteiger partial charge is 0.270 e. The highest BCUT2D eigenvalue weighted by Crippen LogP contribution is 2.30. The van der Waals surface area contributed by atoms with Crippen molar-refractivity contribution >= 4 is 28.8 Å². The first-order valence-electron chi connectivity index (χ1n) is 13.6. The largest absolute Gasteiger partial charge is 0.484 e. The maximum Gasteiger partial charge on any atom is 0.270 e. The van der Waals surface area contributed by atoms with Gasteiger partial charge in [0, 0.05) is 61.6 Å². The number of hydrogen-bond donors (Lipinski definition) is 0. The number of ether oxygens (including phenoxy) is 1. The molecular weight excluding hydrogens is 554 g/mol. The molecule has 1 aliphatic rings. The highest BCUT2D eigenvalue weighted by atomic mass is 35.5. The fourth-order valence-corrected chi connectivity index (χ4v) is 5.30. The Hall–Kier alpha value is -4.73. The first-order valence-corrected chi connectivity index (χ1v) is 14.0. The molecule has 0 atom stereocenters. The summed E-state index contributed by atoms with van der Waals surface area (Å²) < 4.78 is 7.73. The number of carbonyl (C=O) groups is 1. The van der Waals surface area contributed by atoms with Crippen LogP contribution in [0.4, 0.5) is 5.69 Å². The first kappa shape index (κ1) is 27.4. The minimum Gasteiger partial charge on any atom is -0.484 e. The Kier molecular flexibility index (Phi) is 7.85. The number of imidazole rings is 1. The van der Waals surface area contributed by atoms with Crippen molar-refractivity contribution in [2.75, 3.05) is 32.8 Å². The van der Waals surface area contributed by atoms with Crippen molar-refractivity contribution in [1.29, 1.82) is 0 Å². The average molecular weight is 582 g/mol. The third-order valence-electron chi connectivity index (χ3n) is 7.43. The number of amides is 1. The maximum atomic E-state index is 12.8. The van der Waals surface area contributed by atoms with Gasteiger partial charge in [-0.05, 0) is 47.5 Å². The molecule has 0 N–H and O–H groups in total. The van der Waals surface area contributed by atoms with Gasteiger partial charge in [0.05, 0.1) is 16.3 Å². The van der Waals surface area contributed by atoms with Gasteiger partial charge in [-0.1, -0.05) is 54.1 Å². The van der Waals surface area contributed by atoms with Gasteiger partial charge in [0.2, 0.25) is 0 Å². The molecule has 2 aromatic heterocycles. The molecule has 10 heteroatoms. The number of nitro benzene ring substituents is 1. The Bertz CT molecular complexity index is 1730. The fourth-order valence-electron chi connectivity index (χ4n) is 5.18. The summed E-state index contributed by atoms with van der Waals surface area (Å²) in [6.45, 7) is 3.22. The summed E-state index contributed by atoms with van der Waals surface area (Å²) in [5, 5.41) is 12.0. The Morgan fingerprint density at radius 2 is 1.62 bits per heavy atom. The number of carbonyl (C=O) groups excluding carboxylic acids is 1. The van der Waals surface area contributed by atoms with E-state index in [1.165, 1.54) is 6.07 Å². The van der Waals surface area contributed by atoms with E-state index in [2.05, 4.69) is 9.30 Å². The third kappa shape index (κ3) is 5.97. The summed E-state index contributed by atoms with van der Waals surface area (Å²) in [6, 6.07) is 27.6. The predicted octanol–water partition coefficient (Wildman–Crippen LogP) is 5.95. The highest BCUT2D eigenvalue weighted by molar-refractivity contribution is 6.30. The number of benzene rings is 3. The molecule has 6 rings (SSSR count). The number of hydrogen-bond acceptors (Lipinski definition) is 6. The molecule has 1 amide bonds. The number of nitro groups is 1. The number of pyridine rings is 1. The van der Waals surface area contributed by atoms with Crippen LogP contribution in [0.3, 0.4) is 0 Å². The van der Waals surface area contributed by atoms with E-state index in [0.29, 0.717) is 43.5 Å². The Morgan fingerprint density at radius 3 is 2.36 bits per heavy atom. The highest BCUT2D eigenvalue weighted by Gasteiger charge is 2.24. The number of halogens is 1. The molecule has 3 aromatic carbocycles. The van der Waals surface area contributed by atoms with Crippen molar-refractivity contribution < 1.29 is 14.5 Å². The van der Waals surface area contributed by atoms with Gasteiger partial charge in [-0.2, -0.15) is 0 Å². The molecule has 5 aromatic rings. The lowest BCUT2D eigenvalue weighted by molar-refractivity contribution is -0.384. The number of piperazine rings is 1. The van der Waals surface area contributed by atoms with Crippen molar-refractivity contribution in [1.82, 2.24) is 19.2 Å². The minimum atomic E-state index is -0.383. The lowest BCUT2D eigenvalue weighted by Gasteiger charge is -2.34. The van der Waals surface area contributed by atoms with Crippen molar-refractivity contribution in [2.24, 2.45) is 0 Å². The lowest BCUT2D eigenvalue weighted by atomic mass is 10.1. The second kappa shape index (κ2) is 12.0. The van der Waals surface area contributed by atoms with Crippen molar-refractivity contribution in [3.05, 3.63) is 118 Å². The van der Waals surface area contributed by atoms with Crippen LogP contribution in [0.15, 0.2) is 97.2 Å². The molecule has 0 spiro atoms. The van der Waals surface area contributed by atoms with E-state index in [1.807, 2.05) is 59.6 Å². The predicted molar refractivity (Wildman–Crippen MR) is 162 cm³/mol. The van der Waals surface area contributed by atoms with E-state index < -0.39 is 0 Å². The SMILES string of the molecule is O=C(COc1ccc(Cl)cc1)N1CCN(Cc2c(-c3ccccc3)nc3ccc(-c4cccc([N+](=O)[O-])c4)cn23)CC1. The van der Waals surface area contributed by atoms with Crippen LogP contribution >= 0.6 is 11.6 Å². The van der Waals surface area contributed by atoms with Gasteiger partial charge in [-0.15, -0.1) is 0 Å². The minimum absolute atomic E-state index is 0.0204. The van der Waals surface area contributed by atoms with Gasteiger partial charge in [0.25, 0.3) is 11.6 Å².